The molecule has 0 fully saturated rings. The molecule has 0 radical (unpaired) electrons. The number of halogens is 4. The molecule has 0 atom stereocenters. The largest absolute Gasteiger partial charge is 1.00 e. The third-order valence-electron chi connectivity index (χ3n) is 2.08. The summed E-state index contributed by atoms with van der Waals surface area (Å²) in [4.78, 5) is -0.778. The van der Waals surface area contributed by atoms with E-state index >= 15 is 0 Å². The molecule has 1 aromatic rings. The zero-order chi connectivity index (χ0) is 13.5. The van der Waals surface area contributed by atoms with E-state index in [4.69, 9.17) is 46.4 Å². The van der Waals surface area contributed by atoms with Gasteiger partial charge in [-0.3, -0.25) is 0 Å². The maximum Gasteiger partial charge on any atom is 1.00 e. The van der Waals surface area contributed by atoms with Crippen LogP contribution in [0.2, 0.25) is 20.1 Å². The zero-order valence-corrected chi connectivity index (χ0v) is 15.6. The molecule has 0 bridgehead atoms. The molecular weight excluding hydrogens is 353 g/mol. The Labute approximate surface area is 148 Å². The molecule has 3 nitrogen and oxygen atoms in total. The molecule has 0 spiro atoms. The number of hydrogen-bond donors (Lipinski definition) is 0. The fraction of sp³-hybridized carbons (Fsp3) is 0.333. The van der Waals surface area contributed by atoms with Crippen molar-refractivity contribution < 1.29 is 42.5 Å². The van der Waals surface area contributed by atoms with Crippen molar-refractivity contribution in [2.45, 2.75) is 24.7 Å². The topological polar surface area (TPSA) is 57.2 Å². The molecule has 18 heavy (non-hydrogen) atoms. The molecule has 0 N–H and O–H groups in total. The summed E-state index contributed by atoms with van der Waals surface area (Å²) in [7, 11) is -4.83. The van der Waals surface area contributed by atoms with Crippen LogP contribution in [0, 0.1) is 0 Å². The second-order valence-electron chi connectivity index (χ2n) is 3.61. The Morgan fingerprint density at radius 3 is 1.50 bits per heavy atom. The van der Waals surface area contributed by atoms with Gasteiger partial charge in [-0.15, -0.1) is 0 Å². The predicted octanol–water partition coefficient (Wildman–Crippen LogP) is 1.33. The van der Waals surface area contributed by atoms with E-state index < -0.39 is 15.0 Å². The number of rotatable bonds is 2. The summed E-state index contributed by atoms with van der Waals surface area (Å²) < 4.78 is 33.1. The smallest absolute Gasteiger partial charge is 0.744 e. The fourth-order valence-electron chi connectivity index (χ4n) is 1.35. The number of benzene rings is 1. The minimum atomic E-state index is -4.83. The van der Waals surface area contributed by atoms with Crippen LogP contribution in [0.3, 0.4) is 0 Å². The first-order valence-corrected chi connectivity index (χ1v) is 7.32. The van der Waals surface area contributed by atoms with E-state index in [1.54, 1.807) is 13.8 Å². The molecule has 1 rings (SSSR count). The SMILES string of the molecule is CC(C)c1c(Cl)c(Cl)c(S(=O)(=O)[O-])c(Cl)c1Cl.[Na+]. The van der Waals surface area contributed by atoms with Gasteiger partial charge in [-0.05, 0) is 11.5 Å². The molecule has 0 aromatic heterocycles. The van der Waals surface area contributed by atoms with Gasteiger partial charge in [0.05, 0.1) is 25.0 Å². The van der Waals surface area contributed by atoms with Crippen LogP contribution >= 0.6 is 46.4 Å². The van der Waals surface area contributed by atoms with Crippen molar-refractivity contribution in [2.24, 2.45) is 0 Å². The van der Waals surface area contributed by atoms with Gasteiger partial charge in [0.1, 0.15) is 10.1 Å². The summed E-state index contributed by atoms with van der Waals surface area (Å²) in [5.41, 5.74) is 0.413. The normalized spacial score (nSPS) is 11.6. The molecule has 0 aliphatic rings. The van der Waals surface area contributed by atoms with Gasteiger partial charge in [-0.25, -0.2) is 8.42 Å². The van der Waals surface area contributed by atoms with Crippen LogP contribution in [0.25, 0.3) is 0 Å². The summed E-state index contributed by atoms with van der Waals surface area (Å²) >= 11 is 23.3. The van der Waals surface area contributed by atoms with E-state index in [0.717, 1.165) is 0 Å². The van der Waals surface area contributed by atoms with Gasteiger partial charge in [-0.1, -0.05) is 60.3 Å². The van der Waals surface area contributed by atoms with Gasteiger partial charge in [-0.2, -0.15) is 0 Å². The maximum absolute atomic E-state index is 11.0. The van der Waals surface area contributed by atoms with Crippen molar-refractivity contribution in [3.63, 3.8) is 0 Å². The van der Waals surface area contributed by atoms with Crippen molar-refractivity contribution in [3.8, 4) is 0 Å². The Morgan fingerprint density at radius 1 is 0.944 bits per heavy atom. The van der Waals surface area contributed by atoms with Gasteiger partial charge >= 0.3 is 29.6 Å². The molecule has 0 unspecified atom stereocenters. The Bertz CT molecular complexity index is 543. The summed E-state index contributed by atoms with van der Waals surface area (Å²) in [6.45, 7) is 3.57. The van der Waals surface area contributed by atoms with Crippen molar-refractivity contribution >= 4 is 56.5 Å². The van der Waals surface area contributed by atoms with Crippen LogP contribution in [0.4, 0.5) is 0 Å². The van der Waals surface area contributed by atoms with Crippen molar-refractivity contribution in [2.75, 3.05) is 0 Å². The third-order valence-corrected chi connectivity index (χ3v) is 4.95. The van der Waals surface area contributed by atoms with Crippen LogP contribution in [0.1, 0.15) is 25.3 Å². The third kappa shape index (κ3) is 3.68. The van der Waals surface area contributed by atoms with Gasteiger partial charge in [0.2, 0.25) is 0 Å². The van der Waals surface area contributed by atoms with Crippen LogP contribution < -0.4 is 29.6 Å². The van der Waals surface area contributed by atoms with Gasteiger partial charge < -0.3 is 4.55 Å². The van der Waals surface area contributed by atoms with Crippen molar-refractivity contribution in [1.82, 2.24) is 0 Å². The van der Waals surface area contributed by atoms with Gasteiger partial charge in [0.15, 0.2) is 0 Å². The van der Waals surface area contributed by atoms with Gasteiger partial charge in [0, 0.05) is 0 Å². The molecular formula is C9H7Cl4NaO3S. The molecule has 0 amide bonds. The first-order valence-electron chi connectivity index (χ1n) is 4.40. The number of hydrogen-bond acceptors (Lipinski definition) is 3. The quantitative estimate of drug-likeness (QED) is 0.454. The Morgan fingerprint density at radius 2 is 1.28 bits per heavy atom. The van der Waals surface area contributed by atoms with Crippen molar-refractivity contribution in [3.05, 3.63) is 25.7 Å². The Kier molecular flexibility index (Phi) is 7.32. The van der Waals surface area contributed by atoms with E-state index in [-0.39, 0.29) is 55.6 Å². The summed E-state index contributed by atoms with van der Waals surface area (Å²) in [5, 5.41) is -0.907. The fourth-order valence-corrected chi connectivity index (χ4v) is 3.98. The standard InChI is InChI=1S/C9H8Cl4O3S.Na/c1-3(2)4-5(10)7(12)9(17(14,15)16)8(13)6(4)11;/h3H,1-2H3,(H,14,15,16);/q;+1/p-1. The molecule has 1 aromatic carbocycles. The molecule has 9 heteroatoms. The maximum atomic E-state index is 11.0. The second-order valence-corrected chi connectivity index (χ2v) is 6.44. The minimum Gasteiger partial charge on any atom is -0.744 e. The summed E-state index contributed by atoms with van der Waals surface area (Å²) in [6.07, 6.45) is 0. The zero-order valence-electron chi connectivity index (χ0n) is 9.72. The molecule has 0 saturated heterocycles. The first kappa shape index (κ1) is 19.3. The predicted molar refractivity (Wildman–Crippen MR) is 68.5 cm³/mol. The Hall–Kier alpha value is 1.29. The van der Waals surface area contributed by atoms with Crippen LogP contribution in [-0.4, -0.2) is 13.0 Å². The van der Waals surface area contributed by atoms with Crippen LogP contribution in [0.5, 0.6) is 0 Å². The van der Waals surface area contributed by atoms with Crippen LogP contribution in [0.15, 0.2) is 4.90 Å². The average molecular weight is 360 g/mol. The van der Waals surface area contributed by atoms with Crippen molar-refractivity contribution in [1.29, 1.82) is 0 Å². The second kappa shape index (κ2) is 6.83. The monoisotopic (exact) mass is 358 g/mol. The molecule has 0 saturated carbocycles. The van der Waals surface area contributed by atoms with Crippen LogP contribution in [-0.2, 0) is 10.1 Å². The van der Waals surface area contributed by atoms with E-state index in [1.807, 2.05) is 0 Å². The van der Waals surface area contributed by atoms with E-state index in [9.17, 15) is 13.0 Å². The molecule has 0 heterocycles. The summed E-state index contributed by atoms with van der Waals surface area (Å²) in [6, 6.07) is 0. The molecule has 0 aliphatic heterocycles. The van der Waals surface area contributed by atoms with E-state index in [2.05, 4.69) is 0 Å². The molecule has 96 valence electrons. The summed E-state index contributed by atoms with van der Waals surface area (Å²) in [5.74, 6) is -0.117. The van der Waals surface area contributed by atoms with Gasteiger partial charge in [0.25, 0.3) is 0 Å². The van der Waals surface area contributed by atoms with E-state index in [0.29, 0.717) is 5.56 Å². The average Bonchev–Trinajstić information content (AvgIpc) is 2.12. The Balaban J connectivity index is 0.00000289. The first-order chi connectivity index (χ1) is 7.59. The minimum absolute atomic E-state index is 0. The van der Waals surface area contributed by atoms with E-state index in [1.165, 1.54) is 0 Å². The molecule has 0 aliphatic carbocycles.